The Morgan fingerprint density at radius 1 is 1.28 bits per heavy atom. The maximum atomic E-state index is 12.7. The number of benzene rings is 1. The minimum Gasteiger partial charge on any atom is -0.458 e. The SMILES string of the molecule is CC(C)(C)OC(=O)C(N)C(=O)N1CCc2ccc(-c3ccc[nH]3)cc21. The Bertz CT molecular complexity index is 791. The molecule has 0 radical (unpaired) electrons. The topological polar surface area (TPSA) is 88.4 Å². The number of anilines is 1. The highest BCUT2D eigenvalue weighted by Gasteiger charge is 2.34. The Kier molecular flexibility index (Phi) is 4.39. The molecule has 1 unspecified atom stereocenters. The molecule has 6 heteroatoms. The summed E-state index contributed by atoms with van der Waals surface area (Å²) in [4.78, 5) is 29.6. The predicted molar refractivity (Wildman–Crippen MR) is 96.1 cm³/mol. The Hall–Kier alpha value is -2.60. The zero-order valence-corrected chi connectivity index (χ0v) is 14.7. The van der Waals surface area contributed by atoms with Gasteiger partial charge in [0.25, 0.3) is 5.91 Å². The van der Waals surface area contributed by atoms with E-state index in [1.54, 1.807) is 25.7 Å². The van der Waals surface area contributed by atoms with Gasteiger partial charge in [-0.15, -0.1) is 0 Å². The minimum atomic E-state index is -1.32. The highest BCUT2D eigenvalue weighted by atomic mass is 16.6. The van der Waals surface area contributed by atoms with Crippen LogP contribution in [0.2, 0.25) is 0 Å². The number of esters is 1. The van der Waals surface area contributed by atoms with Crippen molar-refractivity contribution in [1.29, 1.82) is 0 Å². The third kappa shape index (κ3) is 3.58. The number of hydrogen-bond acceptors (Lipinski definition) is 4. The summed E-state index contributed by atoms with van der Waals surface area (Å²) in [6, 6.07) is 8.55. The first-order chi connectivity index (χ1) is 11.8. The van der Waals surface area contributed by atoms with Gasteiger partial charge in [0.2, 0.25) is 0 Å². The average Bonchev–Trinajstić information content (AvgIpc) is 3.20. The molecular formula is C19H23N3O3. The number of carbonyl (C=O) groups is 2. The summed E-state index contributed by atoms with van der Waals surface area (Å²) in [5.41, 5.74) is 9.01. The van der Waals surface area contributed by atoms with E-state index >= 15 is 0 Å². The number of H-pyrrole nitrogens is 1. The van der Waals surface area contributed by atoms with Gasteiger partial charge in [-0.25, -0.2) is 4.79 Å². The molecule has 1 aromatic heterocycles. The summed E-state index contributed by atoms with van der Waals surface area (Å²) in [7, 11) is 0. The first-order valence-corrected chi connectivity index (χ1v) is 8.33. The van der Waals surface area contributed by atoms with Gasteiger partial charge in [-0.05, 0) is 56.5 Å². The standard InChI is InChI=1S/C19H23N3O3/c1-19(2,3)25-18(24)16(20)17(23)22-10-8-12-6-7-13(11-15(12)22)14-5-4-9-21-14/h4-7,9,11,16,21H,8,10,20H2,1-3H3. The zero-order chi connectivity index (χ0) is 18.2. The van der Waals surface area contributed by atoms with Crippen LogP contribution in [-0.4, -0.2) is 35.0 Å². The minimum absolute atomic E-state index is 0.434. The van der Waals surface area contributed by atoms with Crippen molar-refractivity contribution in [3.63, 3.8) is 0 Å². The number of nitrogens with zero attached hydrogens (tertiary/aromatic N) is 1. The molecule has 25 heavy (non-hydrogen) atoms. The summed E-state index contributed by atoms with van der Waals surface area (Å²) < 4.78 is 5.23. The number of aromatic amines is 1. The largest absolute Gasteiger partial charge is 0.458 e. The molecule has 2 heterocycles. The van der Waals surface area contributed by atoms with Gasteiger partial charge in [0.1, 0.15) is 5.60 Å². The summed E-state index contributed by atoms with van der Waals surface area (Å²) in [6.07, 6.45) is 2.59. The van der Waals surface area contributed by atoms with Crippen LogP contribution in [0.1, 0.15) is 26.3 Å². The molecule has 0 saturated heterocycles. The van der Waals surface area contributed by atoms with Crippen molar-refractivity contribution in [2.45, 2.75) is 38.8 Å². The van der Waals surface area contributed by atoms with Crippen LogP contribution in [0.4, 0.5) is 5.69 Å². The summed E-state index contributed by atoms with van der Waals surface area (Å²) in [5.74, 6) is -1.14. The Morgan fingerprint density at radius 3 is 2.68 bits per heavy atom. The second-order valence-electron chi connectivity index (χ2n) is 7.18. The normalized spacial score (nSPS) is 15.0. The van der Waals surface area contributed by atoms with Crippen LogP contribution in [0.25, 0.3) is 11.3 Å². The predicted octanol–water partition coefficient (Wildman–Crippen LogP) is 2.24. The Labute approximate surface area is 147 Å². The number of aromatic nitrogens is 1. The number of carbonyl (C=O) groups excluding carboxylic acids is 2. The number of fused-ring (bicyclic) bond motifs is 1. The summed E-state index contributed by atoms with van der Waals surface area (Å²) >= 11 is 0. The van der Waals surface area contributed by atoms with Crippen molar-refractivity contribution in [2.24, 2.45) is 5.73 Å². The Balaban J connectivity index is 1.83. The second-order valence-corrected chi connectivity index (χ2v) is 7.18. The quantitative estimate of drug-likeness (QED) is 0.662. The van der Waals surface area contributed by atoms with Crippen molar-refractivity contribution >= 4 is 17.6 Å². The molecular weight excluding hydrogens is 318 g/mol. The highest BCUT2D eigenvalue weighted by molar-refractivity contribution is 6.10. The molecule has 6 nitrogen and oxygen atoms in total. The van der Waals surface area contributed by atoms with Gasteiger partial charge >= 0.3 is 5.97 Å². The fraction of sp³-hybridized carbons (Fsp3) is 0.368. The third-order valence-electron chi connectivity index (χ3n) is 4.08. The van der Waals surface area contributed by atoms with Crippen LogP contribution in [-0.2, 0) is 20.7 Å². The lowest BCUT2D eigenvalue weighted by Gasteiger charge is -2.25. The van der Waals surface area contributed by atoms with E-state index in [4.69, 9.17) is 10.5 Å². The first kappa shape index (κ1) is 17.2. The van der Waals surface area contributed by atoms with E-state index in [-0.39, 0.29) is 0 Å². The molecule has 1 aliphatic rings. The molecule has 1 amide bonds. The van der Waals surface area contributed by atoms with E-state index in [1.807, 2.05) is 36.5 Å². The van der Waals surface area contributed by atoms with Gasteiger partial charge < -0.3 is 20.4 Å². The van der Waals surface area contributed by atoms with Gasteiger partial charge in [-0.1, -0.05) is 12.1 Å². The fourth-order valence-electron chi connectivity index (χ4n) is 2.92. The number of nitrogens with one attached hydrogen (secondary N) is 1. The maximum Gasteiger partial charge on any atom is 0.333 e. The van der Waals surface area contributed by atoms with Crippen molar-refractivity contribution in [2.75, 3.05) is 11.4 Å². The lowest BCUT2D eigenvalue weighted by atomic mass is 10.1. The van der Waals surface area contributed by atoms with Gasteiger partial charge in [0, 0.05) is 24.1 Å². The van der Waals surface area contributed by atoms with Crippen molar-refractivity contribution in [1.82, 2.24) is 4.98 Å². The summed E-state index contributed by atoms with van der Waals surface area (Å²) in [5, 5.41) is 0. The van der Waals surface area contributed by atoms with E-state index in [0.717, 1.165) is 28.9 Å². The lowest BCUT2D eigenvalue weighted by molar-refractivity contribution is -0.158. The van der Waals surface area contributed by atoms with E-state index in [0.29, 0.717) is 6.54 Å². The zero-order valence-electron chi connectivity index (χ0n) is 14.7. The molecule has 0 fully saturated rings. The van der Waals surface area contributed by atoms with Crippen LogP contribution < -0.4 is 10.6 Å². The number of rotatable bonds is 3. The van der Waals surface area contributed by atoms with Gasteiger partial charge in [-0.2, -0.15) is 0 Å². The highest BCUT2D eigenvalue weighted by Crippen LogP contribution is 2.32. The molecule has 2 aromatic rings. The molecule has 0 spiro atoms. The monoisotopic (exact) mass is 341 g/mol. The van der Waals surface area contributed by atoms with E-state index in [2.05, 4.69) is 4.98 Å². The molecule has 0 saturated carbocycles. The molecule has 3 rings (SSSR count). The molecule has 0 aliphatic carbocycles. The van der Waals surface area contributed by atoms with E-state index in [1.165, 1.54) is 0 Å². The first-order valence-electron chi connectivity index (χ1n) is 8.33. The maximum absolute atomic E-state index is 12.7. The third-order valence-corrected chi connectivity index (χ3v) is 4.08. The molecule has 132 valence electrons. The van der Waals surface area contributed by atoms with Crippen LogP contribution in [0.15, 0.2) is 36.5 Å². The van der Waals surface area contributed by atoms with Gasteiger partial charge in [0.05, 0.1) is 0 Å². The number of hydrogen-bond donors (Lipinski definition) is 2. The molecule has 1 aliphatic heterocycles. The van der Waals surface area contributed by atoms with Crippen molar-refractivity contribution in [3.8, 4) is 11.3 Å². The van der Waals surface area contributed by atoms with Gasteiger partial charge in [0.15, 0.2) is 6.04 Å². The van der Waals surface area contributed by atoms with E-state index < -0.39 is 23.5 Å². The lowest BCUT2D eigenvalue weighted by Crippen LogP contribution is -2.50. The smallest absolute Gasteiger partial charge is 0.333 e. The molecule has 1 aromatic carbocycles. The van der Waals surface area contributed by atoms with Crippen LogP contribution in [0.3, 0.4) is 0 Å². The van der Waals surface area contributed by atoms with Crippen molar-refractivity contribution < 1.29 is 14.3 Å². The number of amides is 1. The average molecular weight is 341 g/mol. The summed E-state index contributed by atoms with van der Waals surface area (Å²) in [6.45, 7) is 5.75. The van der Waals surface area contributed by atoms with Crippen LogP contribution >= 0.6 is 0 Å². The number of ether oxygens (including phenoxy) is 1. The Morgan fingerprint density at radius 2 is 2.04 bits per heavy atom. The molecule has 1 atom stereocenters. The fourth-order valence-corrected chi connectivity index (χ4v) is 2.92. The molecule has 3 N–H and O–H groups in total. The molecule has 0 bridgehead atoms. The number of nitrogens with two attached hydrogens (primary N) is 1. The van der Waals surface area contributed by atoms with Crippen LogP contribution in [0.5, 0.6) is 0 Å². The second kappa shape index (κ2) is 6.37. The van der Waals surface area contributed by atoms with Crippen LogP contribution in [0, 0.1) is 0 Å². The van der Waals surface area contributed by atoms with Gasteiger partial charge in [-0.3, -0.25) is 4.79 Å². The van der Waals surface area contributed by atoms with Crippen molar-refractivity contribution in [3.05, 3.63) is 42.1 Å². The van der Waals surface area contributed by atoms with E-state index in [9.17, 15) is 9.59 Å².